The van der Waals surface area contributed by atoms with Crippen molar-refractivity contribution < 1.29 is 4.39 Å². The average molecular weight is 165 g/mol. The Bertz CT molecular complexity index is 296. The molecule has 0 radical (unpaired) electrons. The van der Waals surface area contributed by atoms with E-state index in [1.165, 1.54) is 11.6 Å². The summed E-state index contributed by atoms with van der Waals surface area (Å²) in [4.78, 5) is 0. The summed E-state index contributed by atoms with van der Waals surface area (Å²) in [7, 11) is 0. The van der Waals surface area contributed by atoms with Crippen LogP contribution in [0.5, 0.6) is 0 Å². The molecule has 0 fully saturated rings. The third-order valence-corrected chi connectivity index (χ3v) is 2.28. The normalized spacial score (nSPS) is 21.3. The SMILES string of the molecule is CC1CNc2cc(F)ccc2C1. The van der Waals surface area contributed by atoms with E-state index < -0.39 is 0 Å². The number of benzene rings is 1. The van der Waals surface area contributed by atoms with Gasteiger partial charge >= 0.3 is 0 Å². The molecule has 0 saturated heterocycles. The molecule has 0 saturated carbocycles. The molecule has 1 aliphatic rings. The van der Waals surface area contributed by atoms with E-state index in [1.54, 1.807) is 6.07 Å². The lowest BCUT2D eigenvalue weighted by molar-refractivity contribution is 0.586. The Kier molecular flexibility index (Phi) is 1.75. The molecule has 1 aliphatic heterocycles. The van der Waals surface area contributed by atoms with Crippen LogP contribution in [0.2, 0.25) is 0 Å². The van der Waals surface area contributed by atoms with E-state index >= 15 is 0 Å². The second kappa shape index (κ2) is 2.77. The predicted octanol–water partition coefficient (Wildman–Crippen LogP) is 2.43. The molecule has 0 aromatic heterocycles. The summed E-state index contributed by atoms with van der Waals surface area (Å²) < 4.78 is 12.8. The van der Waals surface area contributed by atoms with Crippen molar-refractivity contribution in [3.8, 4) is 0 Å². The van der Waals surface area contributed by atoms with E-state index in [1.807, 2.05) is 6.07 Å². The number of hydrogen-bond donors (Lipinski definition) is 1. The predicted molar refractivity (Wildman–Crippen MR) is 47.8 cm³/mol. The van der Waals surface area contributed by atoms with Gasteiger partial charge in [-0.05, 0) is 30.0 Å². The van der Waals surface area contributed by atoms with Gasteiger partial charge in [0.25, 0.3) is 0 Å². The van der Waals surface area contributed by atoms with Gasteiger partial charge in [-0.3, -0.25) is 0 Å². The minimum atomic E-state index is -0.157. The van der Waals surface area contributed by atoms with E-state index in [4.69, 9.17) is 0 Å². The maximum atomic E-state index is 12.8. The van der Waals surface area contributed by atoms with Crippen LogP contribution in [0.4, 0.5) is 10.1 Å². The summed E-state index contributed by atoms with van der Waals surface area (Å²) in [6.45, 7) is 3.15. The van der Waals surface area contributed by atoms with Crippen LogP contribution < -0.4 is 5.32 Å². The summed E-state index contributed by atoms with van der Waals surface area (Å²) in [5.41, 5.74) is 2.20. The van der Waals surface area contributed by atoms with Crippen molar-refractivity contribution in [1.29, 1.82) is 0 Å². The highest BCUT2D eigenvalue weighted by Gasteiger charge is 2.13. The van der Waals surface area contributed by atoms with Gasteiger partial charge in [0.1, 0.15) is 5.82 Å². The first kappa shape index (κ1) is 7.59. The molecule has 1 N–H and O–H groups in total. The molecule has 0 aliphatic carbocycles. The molecule has 1 atom stereocenters. The van der Waals surface area contributed by atoms with Gasteiger partial charge in [0.05, 0.1) is 0 Å². The van der Waals surface area contributed by atoms with Crippen LogP contribution in [0.1, 0.15) is 12.5 Å². The minimum absolute atomic E-state index is 0.157. The third-order valence-electron chi connectivity index (χ3n) is 2.28. The molecule has 1 aromatic carbocycles. The fraction of sp³-hybridized carbons (Fsp3) is 0.400. The summed E-state index contributed by atoms with van der Waals surface area (Å²) in [6.07, 6.45) is 1.06. The molecule has 0 bridgehead atoms. The summed E-state index contributed by atoms with van der Waals surface area (Å²) in [6, 6.07) is 4.97. The number of nitrogens with one attached hydrogen (secondary N) is 1. The molecule has 2 heteroatoms. The van der Waals surface area contributed by atoms with E-state index in [2.05, 4.69) is 12.2 Å². The smallest absolute Gasteiger partial charge is 0.125 e. The number of fused-ring (bicyclic) bond motifs is 1. The fourth-order valence-electron chi connectivity index (χ4n) is 1.62. The zero-order valence-electron chi connectivity index (χ0n) is 7.10. The molecular weight excluding hydrogens is 153 g/mol. The Hall–Kier alpha value is -1.05. The van der Waals surface area contributed by atoms with E-state index in [0.29, 0.717) is 5.92 Å². The van der Waals surface area contributed by atoms with Crippen molar-refractivity contribution in [2.24, 2.45) is 5.92 Å². The Morgan fingerprint density at radius 1 is 1.50 bits per heavy atom. The molecule has 0 spiro atoms. The van der Waals surface area contributed by atoms with Crippen molar-refractivity contribution in [3.05, 3.63) is 29.6 Å². The molecule has 64 valence electrons. The quantitative estimate of drug-likeness (QED) is 0.622. The Morgan fingerprint density at radius 2 is 2.33 bits per heavy atom. The average Bonchev–Trinajstić information content (AvgIpc) is 2.05. The van der Waals surface area contributed by atoms with Crippen molar-refractivity contribution >= 4 is 5.69 Å². The minimum Gasteiger partial charge on any atom is -0.384 e. The van der Waals surface area contributed by atoms with Crippen molar-refractivity contribution in [3.63, 3.8) is 0 Å². The van der Waals surface area contributed by atoms with Crippen molar-refractivity contribution in [2.75, 3.05) is 11.9 Å². The maximum absolute atomic E-state index is 12.8. The molecular formula is C10H12FN. The zero-order chi connectivity index (χ0) is 8.55. The lowest BCUT2D eigenvalue weighted by atomic mass is 9.96. The van der Waals surface area contributed by atoms with Crippen LogP contribution >= 0.6 is 0 Å². The van der Waals surface area contributed by atoms with Crippen LogP contribution in [0.25, 0.3) is 0 Å². The molecule has 12 heavy (non-hydrogen) atoms. The topological polar surface area (TPSA) is 12.0 Å². The highest BCUT2D eigenvalue weighted by Crippen LogP contribution is 2.24. The second-order valence-electron chi connectivity index (χ2n) is 3.49. The second-order valence-corrected chi connectivity index (χ2v) is 3.49. The number of rotatable bonds is 0. The van der Waals surface area contributed by atoms with Crippen LogP contribution in [0.15, 0.2) is 18.2 Å². The van der Waals surface area contributed by atoms with Gasteiger partial charge in [0, 0.05) is 12.2 Å². The van der Waals surface area contributed by atoms with Gasteiger partial charge in [-0.15, -0.1) is 0 Å². The number of halogens is 1. The van der Waals surface area contributed by atoms with Crippen LogP contribution in [0, 0.1) is 11.7 Å². The number of anilines is 1. The highest BCUT2D eigenvalue weighted by molar-refractivity contribution is 5.53. The summed E-state index contributed by atoms with van der Waals surface area (Å²) in [5.74, 6) is 0.499. The summed E-state index contributed by atoms with van der Waals surface area (Å²) >= 11 is 0. The first-order valence-corrected chi connectivity index (χ1v) is 4.28. The van der Waals surface area contributed by atoms with E-state index in [-0.39, 0.29) is 5.82 Å². The lowest BCUT2D eigenvalue weighted by Gasteiger charge is -2.22. The van der Waals surface area contributed by atoms with Gasteiger partial charge < -0.3 is 5.32 Å². The Balaban J connectivity index is 2.37. The third kappa shape index (κ3) is 1.29. The summed E-state index contributed by atoms with van der Waals surface area (Å²) in [5, 5.41) is 3.21. The monoisotopic (exact) mass is 165 g/mol. The van der Waals surface area contributed by atoms with Crippen LogP contribution in [0.3, 0.4) is 0 Å². The van der Waals surface area contributed by atoms with E-state index in [0.717, 1.165) is 18.7 Å². The van der Waals surface area contributed by atoms with Crippen LogP contribution in [-0.2, 0) is 6.42 Å². The van der Waals surface area contributed by atoms with Crippen molar-refractivity contribution in [1.82, 2.24) is 0 Å². The van der Waals surface area contributed by atoms with Gasteiger partial charge in [-0.2, -0.15) is 0 Å². The molecule has 1 aromatic rings. The first-order chi connectivity index (χ1) is 5.75. The molecule has 1 nitrogen and oxygen atoms in total. The van der Waals surface area contributed by atoms with Gasteiger partial charge in [0.2, 0.25) is 0 Å². The highest BCUT2D eigenvalue weighted by atomic mass is 19.1. The number of hydrogen-bond acceptors (Lipinski definition) is 1. The van der Waals surface area contributed by atoms with Gasteiger partial charge in [-0.1, -0.05) is 13.0 Å². The molecule has 1 unspecified atom stereocenters. The fourth-order valence-corrected chi connectivity index (χ4v) is 1.62. The van der Waals surface area contributed by atoms with Gasteiger partial charge in [0.15, 0.2) is 0 Å². The molecule has 2 rings (SSSR count). The first-order valence-electron chi connectivity index (χ1n) is 4.28. The maximum Gasteiger partial charge on any atom is 0.125 e. The zero-order valence-corrected chi connectivity index (χ0v) is 7.10. The Morgan fingerprint density at radius 3 is 3.17 bits per heavy atom. The molecule has 1 heterocycles. The largest absolute Gasteiger partial charge is 0.384 e. The van der Waals surface area contributed by atoms with Gasteiger partial charge in [-0.25, -0.2) is 4.39 Å². The van der Waals surface area contributed by atoms with E-state index in [9.17, 15) is 4.39 Å². The molecule has 0 amide bonds. The Labute approximate surface area is 71.6 Å². The lowest BCUT2D eigenvalue weighted by Crippen LogP contribution is -2.20. The van der Waals surface area contributed by atoms with Crippen molar-refractivity contribution in [2.45, 2.75) is 13.3 Å². The standard InChI is InChI=1S/C10H12FN/c1-7-4-8-2-3-9(11)5-10(8)12-6-7/h2-3,5,7,12H,4,6H2,1H3. The van der Waals surface area contributed by atoms with Crippen LogP contribution in [-0.4, -0.2) is 6.54 Å².